The second kappa shape index (κ2) is 8.75. The lowest BCUT2D eigenvalue weighted by Crippen LogP contribution is -2.32. The van der Waals surface area contributed by atoms with Gasteiger partial charge in [0.2, 0.25) is 0 Å². The van der Waals surface area contributed by atoms with Crippen molar-refractivity contribution in [1.82, 2.24) is 10.2 Å². The highest BCUT2D eigenvalue weighted by atomic mass is 16.6. The van der Waals surface area contributed by atoms with E-state index in [4.69, 9.17) is 4.74 Å². The van der Waals surface area contributed by atoms with Crippen LogP contribution in [0.15, 0.2) is 24.3 Å². The van der Waals surface area contributed by atoms with E-state index < -0.39 is 11.7 Å². The summed E-state index contributed by atoms with van der Waals surface area (Å²) in [5.41, 5.74) is 1.88. The molecule has 0 unspecified atom stereocenters. The van der Waals surface area contributed by atoms with Crippen LogP contribution in [0, 0.1) is 11.8 Å². The number of alkyl carbamates (subject to hydrolysis) is 1. The molecule has 1 amide bonds. The molecule has 1 heterocycles. The average Bonchev–Trinajstić information content (AvgIpc) is 2.98. The lowest BCUT2D eigenvalue weighted by Gasteiger charge is -2.19. The lowest BCUT2D eigenvalue weighted by molar-refractivity contribution is 0.0529. The fraction of sp³-hybridized carbons (Fsp3) is 0.550. The molecule has 0 atom stereocenters. The van der Waals surface area contributed by atoms with Crippen LogP contribution in [-0.2, 0) is 11.3 Å². The molecule has 4 nitrogen and oxygen atoms in total. The van der Waals surface area contributed by atoms with E-state index in [1.807, 2.05) is 26.8 Å². The van der Waals surface area contributed by atoms with Crippen molar-refractivity contribution in [2.75, 3.05) is 19.6 Å². The third-order valence-corrected chi connectivity index (χ3v) is 3.68. The molecule has 24 heavy (non-hydrogen) atoms. The number of nitrogens with one attached hydrogen (secondary N) is 1. The van der Waals surface area contributed by atoms with Gasteiger partial charge in [-0.1, -0.05) is 24.0 Å². The van der Waals surface area contributed by atoms with E-state index >= 15 is 0 Å². The maximum Gasteiger partial charge on any atom is 0.407 e. The van der Waals surface area contributed by atoms with Crippen LogP contribution in [0.2, 0.25) is 0 Å². The first kappa shape index (κ1) is 18.4. The van der Waals surface area contributed by atoms with Crippen molar-refractivity contribution in [2.45, 2.75) is 52.2 Å². The number of amides is 1. The number of benzene rings is 1. The first-order chi connectivity index (χ1) is 11.4. The van der Waals surface area contributed by atoms with Crippen LogP contribution in [-0.4, -0.2) is 36.2 Å². The number of carbonyl (C=O) groups is 1. The highest BCUT2D eigenvalue weighted by molar-refractivity contribution is 5.67. The van der Waals surface area contributed by atoms with E-state index in [0.717, 1.165) is 12.1 Å². The number of carbonyl (C=O) groups excluding carboxylic acids is 1. The second-order valence-electron chi connectivity index (χ2n) is 7.16. The van der Waals surface area contributed by atoms with Crippen LogP contribution in [0.3, 0.4) is 0 Å². The summed E-state index contributed by atoms with van der Waals surface area (Å²) in [7, 11) is 0. The zero-order valence-corrected chi connectivity index (χ0v) is 15.0. The summed E-state index contributed by atoms with van der Waals surface area (Å²) in [6.07, 6.45) is 2.83. The zero-order chi connectivity index (χ0) is 17.4. The quantitative estimate of drug-likeness (QED) is 0.679. The summed E-state index contributed by atoms with van der Waals surface area (Å²) < 4.78 is 5.18. The number of hydrogen-bond acceptors (Lipinski definition) is 3. The Hall–Kier alpha value is -1.99. The Morgan fingerprint density at radius 2 is 2.04 bits per heavy atom. The standard InChI is InChI=1S/C20H28N2O2/c1-20(2,3)24-19(23)21-12-5-4-9-17-10-8-11-18(15-17)16-22-13-6-7-14-22/h8,10-11,15H,5-7,12-14,16H2,1-3H3,(H,21,23). The van der Waals surface area contributed by atoms with Crippen LogP contribution in [0.5, 0.6) is 0 Å². The Bertz CT molecular complexity index is 602. The second-order valence-corrected chi connectivity index (χ2v) is 7.16. The minimum atomic E-state index is -0.467. The first-order valence-corrected chi connectivity index (χ1v) is 8.69. The van der Waals surface area contributed by atoms with Gasteiger partial charge in [0, 0.05) is 25.1 Å². The Kier molecular flexibility index (Phi) is 6.69. The summed E-state index contributed by atoms with van der Waals surface area (Å²) in [6, 6.07) is 8.41. The van der Waals surface area contributed by atoms with E-state index in [1.165, 1.54) is 31.5 Å². The monoisotopic (exact) mass is 328 g/mol. The Balaban J connectivity index is 1.75. The first-order valence-electron chi connectivity index (χ1n) is 8.69. The minimum absolute atomic E-state index is 0.392. The number of nitrogens with zero attached hydrogens (tertiary/aromatic N) is 1. The predicted octanol–water partition coefficient (Wildman–Crippen LogP) is 3.55. The largest absolute Gasteiger partial charge is 0.444 e. The molecule has 0 aromatic heterocycles. The predicted molar refractivity (Wildman–Crippen MR) is 96.7 cm³/mol. The highest BCUT2D eigenvalue weighted by Gasteiger charge is 2.15. The van der Waals surface area contributed by atoms with Gasteiger partial charge in [-0.2, -0.15) is 0 Å². The van der Waals surface area contributed by atoms with Gasteiger partial charge in [0.25, 0.3) is 0 Å². The molecule has 1 N–H and O–H groups in total. The van der Waals surface area contributed by atoms with Crippen molar-refractivity contribution >= 4 is 6.09 Å². The fourth-order valence-corrected chi connectivity index (χ4v) is 2.65. The lowest BCUT2D eigenvalue weighted by atomic mass is 10.1. The topological polar surface area (TPSA) is 41.6 Å². The normalized spacial score (nSPS) is 14.8. The molecule has 1 aliphatic heterocycles. The maximum atomic E-state index is 11.5. The molecule has 1 aromatic rings. The van der Waals surface area contributed by atoms with Crippen molar-refractivity contribution in [3.63, 3.8) is 0 Å². The number of hydrogen-bond donors (Lipinski definition) is 1. The number of likely N-dealkylation sites (tertiary alicyclic amines) is 1. The van der Waals surface area contributed by atoms with Crippen molar-refractivity contribution < 1.29 is 9.53 Å². The molecule has 4 heteroatoms. The molecule has 0 saturated carbocycles. The van der Waals surface area contributed by atoms with Gasteiger partial charge >= 0.3 is 6.09 Å². The van der Waals surface area contributed by atoms with E-state index in [-0.39, 0.29) is 0 Å². The van der Waals surface area contributed by atoms with Crippen LogP contribution in [0.1, 0.15) is 51.2 Å². The molecule has 0 bridgehead atoms. The van der Waals surface area contributed by atoms with Gasteiger partial charge in [-0.25, -0.2) is 4.79 Å². The van der Waals surface area contributed by atoms with Gasteiger partial charge in [0.1, 0.15) is 5.60 Å². The van der Waals surface area contributed by atoms with Crippen LogP contribution in [0.4, 0.5) is 4.79 Å². The summed E-state index contributed by atoms with van der Waals surface area (Å²) in [6.45, 7) is 9.45. The molecule has 2 rings (SSSR count). The number of ether oxygens (including phenoxy) is 1. The maximum absolute atomic E-state index is 11.5. The van der Waals surface area contributed by atoms with E-state index in [2.05, 4.69) is 40.3 Å². The summed E-state index contributed by atoms with van der Waals surface area (Å²) in [5.74, 6) is 6.28. The van der Waals surface area contributed by atoms with E-state index in [9.17, 15) is 4.79 Å². The molecule has 1 fully saturated rings. The summed E-state index contributed by atoms with van der Waals surface area (Å²) >= 11 is 0. The fourth-order valence-electron chi connectivity index (χ4n) is 2.65. The van der Waals surface area contributed by atoms with Gasteiger partial charge in [-0.05, 0) is 64.4 Å². The summed E-state index contributed by atoms with van der Waals surface area (Å²) in [4.78, 5) is 14.0. The minimum Gasteiger partial charge on any atom is -0.444 e. The van der Waals surface area contributed by atoms with Crippen LogP contribution >= 0.6 is 0 Å². The molecule has 1 aliphatic rings. The van der Waals surface area contributed by atoms with Gasteiger partial charge < -0.3 is 10.1 Å². The molecule has 0 aliphatic carbocycles. The molecule has 130 valence electrons. The van der Waals surface area contributed by atoms with Crippen molar-refractivity contribution in [1.29, 1.82) is 0 Å². The Labute approximate surface area is 145 Å². The SMILES string of the molecule is CC(C)(C)OC(=O)NCCC#Cc1cccc(CN2CCCC2)c1. The van der Waals surface area contributed by atoms with Crippen molar-refractivity contribution in [2.24, 2.45) is 0 Å². The van der Waals surface area contributed by atoms with Gasteiger partial charge in [-0.15, -0.1) is 0 Å². The average molecular weight is 328 g/mol. The van der Waals surface area contributed by atoms with Gasteiger partial charge in [0.05, 0.1) is 0 Å². The van der Waals surface area contributed by atoms with Crippen LogP contribution in [0.25, 0.3) is 0 Å². The third kappa shape index (κ3) is 7.06. The van der Waals surface area contributed by atoms with Gasteiger partial charge in [-0.3, -0.25) is 4.90 Å². The smallest absolute Gasteiger partial charge is 0.407 e. The molecule has 1 saturated heterocycles. The van der Waals surface area contributed by atoms with Gasteiger partial charge in [0.15, 0.2) is 0 Å². The number of rotatable bonds is 4. The third-order valence-electron chi connectivity index (χ3n) is 3.68. The molecular formula is C20H28N2O2. The molecular weight excluding hydrogens is 300 g/mol. The molecule has 1 aromatic carbocycles. The summed E-state index contributed by atoms with van der Waals surface area (Å²) in [5, 5.41) is 2.71. The molecule has 0 spiro atoms. The van der Waals surface area contributed by atoms with Crippen molar-refractivity contribution in [3.05, 3.63) is 35.4 Å². The zero-order valence-electron chi connectivity index (χ0n) is 15.0. The van der Waals surface area contributed by atoms with E-state index in [0.29, 0.717) is 13.0 Å². The van der Waals surface area contributed by atoms with Crippen molar-refractivity contribution in [3.8, 4) is 11.8 Å². The molecule has 0 radical (unpaired) electrons. The van der Waals surface area contributed by atoms with Crippen LogP contribution < -0.4 is 5.32 Å². The Morgan fingerprint density at radius 3 is 2.75 bits per heavy atom. The Morgan fingerprint density at radius 1 is 1.29 bits per heavy atom. The highest BCUT2D eigenvalue weighted by Crippen LogP contribution is 2.13. The van der Waals surface area contributed by atoms with E-state index in [1.54, 1.807) is 0 Å².